The first-order chi connectivity index (χ1) is 15.8. The van der Waals surface area contributed by atoms with Crippen molar-refractivity contribution in [3.8, 4) is 23.8 Å². The number of thioether (sulfide) groups is 1. The highest BCUT2D eigenvalue weighted by molar-refractivity contribution is 8.18. The van der Waals surface area contributed by atoms with Gasteiger partial charge in [-0.3, -0.25) is 19.3 Å². The van der Waals surface area contributed by atoms with Crippen LogP contribution in [-0.4, -0.2) is 41.7 Å². The lowest BCUT2D eigenvalue weighted by Crippen LogP contribution is -2.36. The average molecular weight is 489 g/mol. The van der Waals surface area contributed by atoms with Gasteiger partial charge in [-0.2, -0.15) is 0 Å². The van der Waals surface area contributed by atoms with Crippen LogP contribution in [0.1, 0.15) is 12.5 Å². The Kier molecular flexibility index (Phi) is 7.98. The number of rotatable bonds is 8. The Bertz CT molecular complexity index is 1160. The fourth-order valence-electron chi connectivity index (χ4n) is 2.85. The summed E-state index contributed by atoms with van der Waals surface area (Å²) in [6.07, 6.45) is 6.70. The summed E-state index contributed by atoms with van der Waals surface area (Å²) in [6.45, 7) is 1.64. The van der Waals surface area contributed by atoms with Gasteiger partial charge >= 0.3 is 0 Å². The van der Waals surface area contributed by atoms with Crippen LogP contribution >= 0.6 is 23.4 Å². The Morgan fingerprint density at radius 3 is 2.67 bits per heavy atom. The highest BCUT2D eigenvalue weighted by atomic mass is 35.5. The van der Waals surface area contributed by atoms with Crippen LogP contribution in [0.2, 0.25) is 5.02 Å². The molecule has 7 nitrogen and oxygen atoms in total. The third kappa shape index (κ3) is 6.06. The predicted octanol–water partition coefficient (Wildman–Crippen LogP) is 4.56. The van der Waals surface area contributed by atoms with Gasteiger partial charge in [0.05, 0.1) is 16.5 Å². The van der Waals surface area contributed by atoms with Crippen molar-refractivity contribution in [2.45, 2.75) is 6.92 Å². The van der Waals surface area contributed by atoms with Gasteiger partial charge in [0.1, 0.15) is 19.0 Å². The highest BCUT2D eigenvalue weighted by Gasteiger charge is 2.36. The second-order valence-corrected chi connectivity index (χ2v) is 7.98. The number of benzene rings is 2. The topological polar surface area (TPSA) is 84.9 Å². The molecule has 0 spiro atoms. The minimum absolute atomic E-state index is 0.00197. The van der Waals surface area contributed by atoms with Gasteiger partial charge in [-0.1, -0.05) is 17.5 Å². The molecule has 0 aromatic heterocycles. The number of hydrogen-bond acceptors (Lipinski definition) is 6. The average Bonchev–Trinajstić information content (AvgIpc) is 3.02. The number of imide groups is 1. The molecule has 0 bridgehead atoms. The number of anilines is 1. The molecule has 0 saturated carbocycles. The standard InChI is InChI=1S/C23H18ClFN2O5S/c1-3-9-32-21-17(24)10-14(11-18(21)31-4-2)12-19-22(29)27(23(30)33-19)13-20(28)26-16-7-5-15(25)6-8-16/h1,5-8,10-12H,4,9,13H2,2H3,(H,26,28)/b19-12-. The summed E-state index contributed by atoms with van der Waals surface area (Å²) >= 11 is 6.99. The molecule has 1 heterocycles. The number of hydrogen-bond donors (Lipinski definition) is 1. The van der Waals surface area contributed by atoms with Gasteiger partial charge in [-0.05, 0) is 66.7 Å². The Labute approximate surface area is 198 Å². The number of ether oxygens (including phenoxy) is 2. The molecule has 0 unspecified atom stereocenters. The molecule has 33 heavy (non-hydrogen) atoms. The maximum atomic E-state index is 13.0. The monoisotopic (exact) mass is 488 g/mol. The van der Waals surface area contributed by atoms with E-state index in [1.165, 1.54) is 30.3 Å². The van der Waals surface area contributed by atoms with Crippen LogP contribution in [0.15, 0.2) is 41.3 Å². The molecule has 1 saturated heterocycles. The summed E-state index contributed by atoms with van der Waals surface area (Å²) in [5.74, 6) is 1.29. The number of terminal acetylenes is 1. The second-order valence-electron chi connectivity index (χ2n) is 6.58. The van der Waals surface area contributed by atoms with Gasteiger partial charge in [0.2, 0.25) is 5.91 Å². The SMILES string of the molecule is C#CCOc1c(Cl)cc(/C=C2\SC(=O)N(CC(=O)Nc3ccc(F)cc3)C2=O)cc1OCC. The van der Waals surface area contributed by atoms with Crippen LogP contribution in [0.4, 0.5) is 14.9 Å². The molecular formula is C23H18ClFN2O5S. The molecule has 0 radical (unpaired) electrons. The number of carbonyl (C=O) groups excluding carboxylic acids is 3. The molecule has 1 N–H and O–H groups in total. The number of nitrogens with one attached hydrogen (secondary N) is 1. The molecule has 170 valence electrons. The Morgan fingerprint density at radius 1 is 1.27 bits per heavy atom. The van der Waals surface area contributed by atoms with Crippen LogP contribution in [0.5, 0.6) is 11.5 Å². The zero-order valence-electron chi connectivity index (χ0n) is 17.4. The van der Waals surface area contributed by atoms with Gasteiger partial charge in [0, 0.05) is 5.69 Å². The Hall–Kier alpha value is -3.48. The van der Waals surface area contributed by atoms with Gasteiger partial charge in [-0.25, -0.2) is 4.39 Å². The van der Waals surface area contributed by atoms with E-state index in [-0.39, 0.29) is 22.3 Å². The zero-order valence-corrected chi connectivity index (χ0v) is 19.0. The van der Waals surface area contributed by atoms with Crippen molar-refractivity contribution < 1.29 is 28.2 Å². The molecule has 0 atom stereocenters. The molecule has 10 heteroatoms. The molecule has 0 aliphatic carbocycles. The van der Waals surface area contributed by atoms with Crippen LogP contribution in [-0.2, 0) is 9.59 Å². The van der Waals surface area contributed by atoms with Gasteiger partial charge in [0.25, 0.3) is 11.1 Å². The van der Waals surface area contributed by atoms with E-state index in [4.69, 9.17) is 27.5 Å². The smallest absolute Gasteiger partial charge is 0.294 e. The first kappa shape index (κ1) is 24.2. The quantitative estimate of drug-likeness (QED) is 0.433. The van der Waals surface area contributed by atoms with Crippen LogP contribution in [0, 0.1) is 18.2 Å². The fraction of sp³-hybridized carbons (Fsp3) is 0.174. The summed E-state index contributed by atoms with van der Waals surface area (Å²) in [4.78, 5) is 38.3. The van der Waals surface area contributed by atoms with E-state index in [0.717, 1.165) is 4.90 Å². The Balaban J connectivity index is 1.76. The lowest BCUT2D eigenvalue weighted by atomic mass is 10.1. The third-order valence-electron chi connectivity index (χ3n) is 4.23. The molecule has 1 aliphatic rings. The van der Waals surface area contributed by atoms with Gasteiger partial charge < -0.3 is 14.8 Å². The number of halogens is 2. The molecule has 1 aliphatic heterocycles. The fourth-order valence-corrected chi connectivity index (χ4v) is 3.97. The van der Waals surface area contributed by atoms with E-state index >= 15 is 0 Å². The first-order valence-corrected chi connectivity index (χ1v) is 10.8. The summed E-state index contributed by atoms with van der Waals surface area (Å²) < 4.78 is 24.0. The maximum absolute atomic E-state index is 13.0. The number of amides is 3. The molecule has 2 aromatic rings. The molecule has 1 fully saturated rings. The lowest BCUT2D eigenvalue weighted by Gasteiger charge is -2.13. The van der Waals surface area contributed by atoms with E-state index < -0.39 is 29.4 Å². The van der Waals surface area contributed by atoms with E-state index in [0.29, 0.717) is 35.4 Å². The molecule has 2 aromatic carbocycles. The first-order valence-electron chi connectivity index (χ1n) is 9.65. The minimum atomic E-state index is -0.624. The highest BCUT2D eigenvalue weighted by Crippen LogP contribution is 2.39. The molecule has 3 amide bonds. The van der Waals surface area contributed by atoms with Crippen molar-refractivity contribution in [2.75, 3.05) is 25.1 Å². The second kappa shape index (κ2) is 10.9. The van der Waals surface area contributed by atoms with Gasteiger partial charge in [0.15, 0.2) is 11.5 Å². The summed E-state index contributed by atoms with van der Waals surface area (Å²) in [5, 5.41) is 2.14. The molecular weight excluding hydrogens is 471 g/mol. The normalized spacial score (nSPS) is 14.4. The largest absolute Gasteiger partial charge is 0.490 e. The number of nitrogens with zero attached hydrogens (tertiary/aromatic N) is 1. The maximum Gasteiger partial charge on any atom is 0.294 e. The lowest BCUT2D eigenvalue weighted by molar-refractivity contribution is -0.127. The van der Waals surface area contributed by atoms with Crippen molar-refractivity contribution in [3.05, 3.63) is 57.7 Å². The van der Waals surface area contributed by atoms with E-state index in [1.807, 2.05) is 0 Å². The molecule has 3 rings (SSSR count). The van der Waals surface area contributed by atoms with E-state index in [1.54, 1.807) is 19.1 Å². The van der Waals surface area contributed by atoms with Crippen LogP contribution in [0.25, 0.3) is 6.08 Å². The van der Waals surface area contributed by atoms with Crippen molar-refractivity contribution in [2.24, 2.45) is 0 Å². The van der Waals surface area contributed by atoms with Crippen molar-refractivity contribution in [1.29, 1.82) is 0 Å². The summed E-state index contributed by atoms with van der Waals surface area (Å²) in [6, 6.07) is 8.27. The minimum Gasteiger partial charge on any atom is -0.490 e. The zero-order chi connectivity index (χ0) is 24.0. The van der Waals surface area contributed by atoms with E-state index in [2.05, 4.69) is 11.2 Å². The van der Waals surface area contributed by atoms with Crippen molar-refractivity contribution in [1.82, 2.24) is 4.90 Å². The number of carbonyl (C=O) groups is 3. The summed E-state index contributed by atoms with van der Waals surface area (Å²) in [7, 11) is 0. The third-order valence-corrected chi connectivity index (χ3v) is 5.42. The predicted molar refractivity (Wildman–Crippen MR) is 125 cm³/mol. The van der Waals surface area contributed by atoms with Crippen molar-refractivity contribution in [3.63, 3.8) is 0 Å². The van der Waals surface area contributed by atoms with Crippen molar-refractivity contribution >= 4 is 52.2 Å². The van der Waals surface area contributed by atoms with E-state index in [9.17, 15) is 18.8 Å². The van der Waals surface area contributed by atoms with Crippen LogP contribution in [0.3, 0.4) is 0 Å². The Morgan fingerprint density at radius 2 is 2.00 bits per heavy atom. The van der Waals surface area contributed by atoms with Gasteiger partial charge in [-0.15, -0.1) is 6.42 Å². The van der Waals surface area contributed by atoms with Crippen LogP contribution < -0.4 is 14.8 Å². The summed E-state index contributed by atoms with van der Waals surface area (Å²) in [5.41, 5.74) is 0.840.